The molecular formula is C38H42N10O7S2. The summed E-state index contributed by atoms with van der Waals surface area (Å²) < 4.78 is 15.2. The van der Waals surface area contributed by atoms with Crippen molar-refractivity contribution in [2.45, 2.75) is 60.0 Å². The Bertz CT molecular complexity index is 2550. The van der Waals surface area contributed by atoms with E-state index >= 15 is 0 Å². The van der Waals surface area contributed by atoms with Crippen LogP contribution in [0, 0.1) is 13.8 Å². The molecule has 0 aliphatic rings. The zero-order valence-corrected chi connectivity index (χ0v) is 33.6. The molecule has 0 radical (unpaired) electrons. The van der Waals surface area contributed by atoms with E-state index in [9.17, 15) is 24.3 Å². The monoisotopic (exact) mass is 814 g/mol. The Morgan fingerprint density at radius 3 is 1.63 bits per heavy atom. The molecule has 4 heterocycles. The predicted molar refractivity (Wildman–Crippen MR) is 218 cm³/mol. The van der Waals surface area contributed by atoms with E-state index in [4.69, 9.17) is 25.9 Å². The summed E-state index contributed by atoms with van der Waals surface area (Å²) in [4.78, 5) is 71.1. The second-order valence-corrected chi connectivity index (χ2v) is 15.1. The van der Waals surface area contributed by atoms with Crippen LogP contribution >= 0.6 is 22.7 Å². The van der Waals surface area contributed by atoms with E-state index in [1.54, 1.807) is 9.13 Å². The smallest absolute Gasteiger partial charge is 0.269 e. The lowest BCUT2D eigenvalue weighted by Crippen LogP contribution is -2.17. The fourth-order valence-electron chi connectivity index (χ4n) is 6.25. The van der Waals surface area contributed by atoms with Gasteiger partial charge in [-0.25, -0.2) is 19.9 Å². The molecule has 0 spiro atoms. The van der Waals surface area contributed by atoms with E-state index in [2.05, 4.69) is 25.6 Å². The number of nitrogens with two attached hydrogens (primary N) is 2. The Kier molecular flexibility index (Phi) is 12.3. The van der Waals surface area contributed by atoms with Crippen LogP contribution in [0.5, 0.6) is 11.5 Å². The molecule has 0 fully saturated rings. The Hall–Kier alpha value is -6.18. The fourth-order valence-corrected chi connectivity index (χ4v) is 8.06. The molecule has 0 saturated heterocycles. The number of thiazole rings is 2. The maximum absolute atomic E-state index is 13.7. The van der Waals surface area contributed by atoms with Gasteiger partial charge < -0.3 is 35.2 Å². The van der Waals surface area contributed by atoms with E-state index in [0.717, 1.165) is 10.0 Å². The molecule has 6 aromatic rings. The first kappa shape index (κ1) is 40.5. The van der Waals surface area contributed by atoms with Gasteiger partial charge in [0, 0.05) is 37.2 Å². The number of aliphatic hydroxyl groups excluding tert-OH is 1. The molecule has 4 amide bonds. The molecule has 17 nitrogen and oxygen atoms in total. The minimum absolute atomic E-state index is 0.111. The normalized spacial score (nSPS) is 11.5. The van der Waals surface area contributed by atoms with Gasteiger partial charge in [-0.05, 0) is 51.0 Å². The van der Waals surface area contributed by atoms with Gasteiger partial charge in [-0.15, -0.1) is 22.7 Å². The van der Waals surface area contributed by atoms with Gasteiger partial charge in [0.15, 0.2) is 0 Å². The molecule has 0 atom stereocenters. The molecule has 0 aliphatic heterocycles. The third kappa shape index (κ3) is 8.49. The van der Waals surface area contributed by atoms with Gasteiger partial charge in [0.2, 0.25) is 23.7 Å². The number of carbonyl (C=O) groups excluding carboxylic acids is 4. The number of aliphatic hydroxyl groups is 1. The van der Waals surface area contributed by atoms with Crippen LogP contribution < -0.4 is 31.6 Å². The minimum Gasteiger partial charge on any atom is -0.494 e. The Morgan fingerprint density at radius 1 is 0.754 bits per heavy atom. The molecule has 6 rings (SSSR count). The molecule has 4 aromatic heterocycles. The number of ether oxygens (including phenoxy) is 2. The van der Waals surface area contributed by atoms with Crippen LogP contribution in [-0.4, -0.2) is 78.1 Å². The first-order chi connectivity index (χ1) is 27.4. The van der Waals surface area contributed by atoms with Gasteiger partial charge in [0.05, 0.1) is 46.2 Å². The minimum atomic E-state index is -0.693. The third-order valence-corrected chi connectivity index (χ3v) is 10.9. The molecule has 0 bridgehead atoms. The number of amides is 4. The summed E-state index contributed by atoms with van der Waals surface area (Å²) in [6, 6.07) is 6.07. The number of nitrogens with one attached hydrogen (secondary N) is 2. The van der Waals surface area contributed by atoms with Crippen molar-refractivity contribution in [1.82, 2.24) is 29.1 Å². The highest BCUT2D eigenvalue weighted by Gasteiger charge is 2.24. The Morgan fingerprint density at radius 2 is 1.21 bits per heavy atom. The zero-order valence-electron chi connectivity index (χ0n) is 32.0. The van der Waals surface area contributed by atoms with Crippen molar-refractivity contribution < 1.29 is 33.8 Å². The summed E-state index contributed by atoms with van der Waals surface area (Å²) in [5.74, 6) is -1.18. The molecule has 57 heavy (non-hydrogen) atoms. The van der Waals surface area contributed by atoms with Crippen LogP contribution in [0.1, 0.15) is 81.7 Å². The van der Waals surface area contributed by atoms with Crippen molar-refractivity contribution in [3.63, 3.8) is 0 Å². The third-order valence-electron chi connectivity index (χ3n) is 8.85. The second-order valence-electron chi connectivity index (χ2n) is 12.7. The molecule has 0 saturated carbocycles. The maximum atomic E-state index is 13.7. The van der Waals surface area contributed by atoms with E-state index in [1.165, 1.54) is 54.0 Å². The first-order valence-corrected chi connectivity index (χ1v) is 19.7. The number of benzene rings is 2. The van der Waals surface area contributed by atoms with Crippen LogP contribution in [0.25, 0.3) is 22.1 Å². The number of hydrogen-bond acceptors (Lipinski definition) is 13. The SMILES string of the molecule is CCc1nc(C)sc1C(=O)Nc1nc2cc(C(N)=O)cc(OC)c2n1CC=CCn1c(NC(=O)c2sc(C)nc2CC)nc2cc(C(N)=O)cc(OCCCO)c21. The van der Waals surface area contributed by atoms with Crippen LogP contribution in [0.3, 0.4) is 0 Å². The van der Waals surface area contributed by atoms with Crippen molar-refractivity contribution >= 4 is 80.3 Å². The summed E-state index contributed by atoms with van der Waals surface area (Å²) in [6.07, 6.45) is 5.11. The van der Waals surface area contributed by atoms with Crippen LogP contribution in [0.2, 0.25) is 0 Å². The quantitative estimate of drug-likeness (QED) is 0.0620. The number of fused-ring (bicyclic) bond motifs is 2. The molecule has 2 aromatic carbocycles. The molecular weight excluding hydrogens is 773 g/mol. The second kappa shape index (κ2) is 17.3. The van der Waals surface area contributed by atoms with Crippen LogP contribution in [0.15, 0.2) is 36.4 Å². The van der Waals surface area contributed by atoms with Crippen molar-refractivity contribution in [3.05, 3.63) is 78.7 Å². The van der Waals surface area contributed by atoms with E-state index in [1.807, 2.05) is 39.8 Å². The van der Waals surface area contributed by atoms with Gasteiger partial charge in [-0.1, -0.05) is 26.0 Å². The van der Waals surface area contributed by atoms with Crippen molar-refractivity contribution in [1.29, 1.82) is 0 Å². The highest BCUT2D eigenvalue weighted by Crippen LogP contribution is 2.34. The first-order valence-electron chi connectivity index (χ1n) is 18.0. The van der Waals surface area contributed by atoms with E-state index in [0.29, 0.717) is 68.2 Å². The number of imidazole rings is 2. The molecule has 0 unspecified atom stereocenters. The summed E-state index contributed by atoms with van der Waals surface area (Å²) in [7, 11) is 1.46. The van der Waals surface area contributed by atoms with E-state index < -0.39 is 17.7 Å². The number of hydrogen-bond donors (Lipinski definition) is 5. The lowest BCUT2D eigenvalue weighted by atomic mass is 10.1. The topological polar surface area (TPSA) is 244 Å². The van der Waals surface area contributed by atoms with E-state index in [-0.39, 0.29) is 61.0 Å². The molecule has 7 N–H and O–H groups in total. The maximum Gasteiger partial charge on any atom is 0.269 e. The number of anilines is 2. The average Bonchev–Trinajstić information content (AvgIpc) is 3.95. The summed E-state index contributed by atoms with van der Waals surface area (Å²) in [6.45, 7) is 7.85. The number of rotatable bonds is 17. The Balaban J connectivity index is 1.41. The highest BCUT2D eigenvalue weighted by atomic mass is 32.1. The number of primary amides is 2. The van der Waals surface area contributed by atoms with Gasteiger partial charge in [-0.2, -0.15) is 0 Å². The summed E-state index contributed by atoms with van der Waals surface area (Å²) in [5, 5.41) is 16.8. The van der Waals surface area contributed by atoms with Crippen LogP contribution in [0.4, 0.5) is 11.9 Å². The van der Waals surface area contributed by atoms with Crippen molar-refractivity contribution in [2.24, 2.45) is 11.5 Å². The lowest BCUT2D eigenvalue weighted by molar-refractivity contribution is 0.0991. The highest BCUT2D eigenvalue weighted by molar-refractivity contribution is 7.14. The number of nitrogens with zero attached hydrogens (tertiary/aromatic N) is 6. The fraction of sp³-hybridized carbons (Fsp3) is 0.316. The van der Waals surface area contributed by atoms with Crippen LogP contribution in [-0.2, 0) is 25.9 Å². The molecule has 0 aliphatic carbocycles. The number of aryl methyl sites for hydroxylation is 4. The van der Waals surface area contributed by atoms with Gasteiger partial charge >= 0.3 is 0 Å². The lowest BCUT2D eigenvalue weighted by Gasteiger charge is -2.13. The Labute approximate surface area is 334 Å². The van der Waals surface area contributed by atoms with Gasteiger partial charge in [0.25, 0.3) is 11.8 Å². The number of allylic oxidation sites excluding steroid dienone is 2. The van der Waals surface area contributed by atoms with Crippen molar-refractivity contribution in [2.75, 3.05) is 31.0 Å². The molecule has 19 heteroatoms. The average molecular weight is 815 g/mol. The molecule has 298 valence electrons. The number of aromatic nitrogens is 6. The standard InChI is InChI=1S/C38H42N10O7S2/c1-6-23-31(56-19(3)41-23)35(52)45-37-43-25-15-21(33(39)50)17-27(54-5)29(25)47(37)11-8-9-12-48-30-26(16-22(34(40)51)18-28(30)55-14-10-13-49)44-38(48)46-36(53)32-24(7-2)42-20(4)57-32/h8-9,15-18,49H,6-7,10-14H2,1-5H3,(H2,39,50)(H2,40,51)(H,43,45,52)(H,44,46,53). The zero-order chi connectivity index (χ0) is 41.0. The predicted octanol–water partition coefficient (Wildman–Crippen LogP) is 4.77. The van der Waals surface area contributed by atoms with Gasteiger partial charge in [-0.3, -0.25) is 29.8 Å². The number of carbonyl (C=O) groups is 4. The number of methoxy groups -OCH3 is 1. The summed E-state index contributed by atoms with van der Waals surface area (Å²) in [5.41, 5.74) is 14.6. The van der Waals surface area contributed by atoms with Gasteiger partial charge in [0.1, 0.15) is 32.3 Å². The largest absolute Gasteiger partial charge is 0.494 e. The van der Waals surface area contributed by atoms with Crippen molar-refractivity contribution in [3.8, 4) is 11.5 Å². The summed E-state index contributed by atoms with van der Waals surface area (Å²) >= 11 is 2.56.